The second-order valence-electron chi connectivity index (χ2n) is 3.96. The summed E-state index contributed by atoms with van der Waals surface area (Å²) in [6.07, 6.45) is 0. The summed E-state index contributed by atoms with van der Waals surface area (Å²) in [7, 11) is 3.20. The fraction of sp³-hybridized carbons (Fsp3) is 0.231. The van der Waals surface area contributed by atoms with Crippen LogP contribution in [0.5, 0.6) is 0 Å². The highest BCUT2D eigenvalue weighted by Crippen LogP contribution is 2.18. The quantitative estimate of drug-likeness (QED) is 0.800. The molecule has 17 heavy (non-hydrogen) atoms. The summed E-state index contributed by atoms with van der Waals surface area (Å²) in [5.74, 6) is -0.339. The van der Waals surface area contributed by atoms with E-state index in [2.05, 4.69) is 5.32 Å². The third kappa shape index (κ3) is 1.62. The van der Waals surface area contributed by atoms with E-state index in [0.717, 1.165) is 16.5 Å². The Morgan fingerprint density at radius 2 is 1.94 bits per heavy atom. The molecule has 0 aliphatic rings. The minimum Gasteiger partial charge on any atom is -0.355 e. The van der Waals surface area contributed by atoms with Crippen LogP contribution in [0.25, 0.3) is 10.9 Å². The summed E-state index contributed by atoms with van der Waals surface area (Å²) >= 11 is 0. The van der Waals surface area contributed by atoms with Crippen LogP contribution in [0.2, 0.25) is 0 Å². The van der Waals surface area contributed by atoms with E-state index in [4.69, 9.17) is 0 Å². The van der Waals surface area contributed by atoms with Crippen molar-refractivity contribution in [3.8, 4) is 0 Å². The number of rotatable bonds is 1. The second-order valence-corrected chi connectivity index (χ2v) is 3.96. The van der Waals surface area contributed by atoms with E-state index in [1.807, 2.05) is 24.3 Å². The van der Waals surface area contributed by atoms with Gasteiger partial charge in [-0.1, -0.05) is 18.2 Å². The van der Waals surface area contributed by atoms with Gasteiger partial charge < -0.3 is 9.88 Å². The van der Waals surface area contributed by atoms with Gasteiger partial charge in [-0.25, -0.2) is 0 Å². The van der Waals surface area contributed by atoms with Gasteiger partial charge in [-0.3, -0.25) is 9.59 Å². The van der Waals surface area contributed by atoms with Crippen molar-refractivity contribution >= 4 is 16.8 Å². The lowest BCUT2D eigenvalue weighted by atomic mass is 10.0. The van der Waals surface area contributed by atoms with E-state index in [0.29, 0.717) is 0 Å². The fourth-order valence-corrected chi connectivity index (χ4v) is 2.05. The molecular formula is C13H14N2O2. The standard InChI is InChI=1S/C13H14N2O2/c1-8-9-6-4-5-7-10(9)15(3)13(17)11(8)12(16)14-2/h4-7H,1-3H3,(H,14,16). The number of para-hydroxylation sites is 1. The summed E-state index contributed by atoms with van der Waals surface area (Å²) < 4.78 is 1.51. The predicted octanol–water partition coefficient (Wildman–Crippen LogP) is 1.21. The Balaban J connectivity index is 2.97. The molecule has 1 amide bonds. The number of fused-ring (bicyclic) bond motifs is 1. The van der Waals surface area contributed by atoms with Crippen LogP contribution in [0, 0.1) is 6.92 Å². The number of carbonyl (C=O) groups is 1. The highest BCUT2D eigenvalue weighted by molar-refractivity contribution is 5.99. The Morgan fingerprint density at radius 1 is 1.29 bits per heavy atom. The third-order valence-corrected chi connectivity index (χ3v) is 3.02. The van der Waals surface area contributed by atoms with Gasteiger partial charge in [0, 0.05) is 19.5 Å². The van der Waals surface area contributed by atoms with Crippen molar-refractivity contribution in [3.63, 3.8) is 0 Å². The van der Waals surface area contributed by atoms with Gasteiger partial charge in [0.2, 0.25) is 0 Å². The molecule has 0 unspecified atom stereocenters. The van der Waals surface area contributed by atoms with Crippen LogP contribution < -0.4 is 10.9 Å². The van der Waals surface area contributed by atoms with Gasteiger partial charge >= 0.3 is 0 Å². The van der Waals surface area contributed by atoms with Gasteiger partial charge in [-0.05, 0) is 18.6 Å². The molecule has 1 heterocycles. The maximum absolute atomic E-state index is 12.1. The average Bonchev–Trinajstić information content (AvgIpc) is 2.36. The monoisotopic (exact) mass is 230 g/mol. The summed E-state index contributed by atoms with van der Waals surface area (Å²) in [6.45, 7) is 1.80. The van der Waals surface area contributed by atoms with Gasteiger partial charge in [-0.15, -0.1) is 0 Å². The number of benzene rings is 1. The molecule has 0 atom stereocenters. The normalized spacial score (nSPS) is 10.5. The largest absolute Gasteiger partial charge is 0.355 e. The lowest BCUT2D eigenvalue weighted by Crippen LogP contribution is -2.31. The molecule has 0 saturated carbocycles. The van der Waals surface area contributed by atoms with Crippen LogP contribution in [0.3, 0.4) is 0 Å². The molecule has 0 fully saturated rings. The maximum Gasteiger partial charge on any atom is 0.263 e. The Morgan fingerprint density at radius 3 is 2.59 bits per heavy atom. The second kappa shape index (κ2) is 4.05. The smallest absolute Gasteiger partial charge is 0.263 e. The molecular weight excluding hydrogens is 216 g/mol. The van der Waals surface area contributed by atoms with Gasteiger partial charge in [0.05, 0.1) is 5.52 Å². The van der Waals surface area contributed by atoms with E-state index in [1.165, 1.54) is 11.6 Å². The molecule has 4 nitrogen and oxygen atoms in total. The SMILES string of the molecule is CNC(=O)c1c(C)c2ccccc2n(C)c1=O. The summed E-state index contributed by atoms with van der Waals surface area (Å²) in [5.41, 5.74) is 1.51. The molecule has 4 heteroatoms. The molecule has 0 radical (unpaired) electrons. The number of hydrogen-bond acceptors (Lipinski definition) is 2. The molecule has 88 valence electrons. The Hall–Kier alpha value is -2.10. The molecule has 1 aromatic carbocycles. The first-order valence-electron chi connectivity index (χ1n) is 5.38. The van der Waals surface area contributed by atoms with Gasteiger partial charge in [0.1, 0.15) is 5.56 Å². The minimum atomic E-state index is -0.339. The first-order chi connectivity index (χ1) is 8.07. The highest BCUT2D eigenvalue weighted by atomic mass is 16.2. The van der Waals surface area contributed by atoms with Crippen molar-refractivity contribution in [2.75, 3.05) is 7.05 Å². The van der Waals surface area contributed by atoms with Crippen molar-refractivity contribution in [3.05, 3.63) is 45.7 Å². The van der Waals surface area contributed by atoms with E-state index in [-0.39, 0.29) is 17.0 Å². The van der Waals surface area contributed by atoms with Crippen LogP contribution in [0.1, 0.15) is 15.9 Å². The van der Waals surface area contributed by atoms with Crippen LogP contribution >= 0.6 is 0 Å². The molecule has 1 aromatic heterocycles. The molecule has 2 aromatic rings. The van der Waals surface area contributed by atoms with Crippen molar-refractivity contribution in [1.29, 1.82) is 0 Å². The zero-order valence-electron chi connectivity index (χ0n) is 10.1. The van der Waals surface area contributed by atoms with Crippen molar-refractivity contribution in [2.24, 2.45) is 7.05 Å². The number of nitrogens with zero attached hydrogens (tertiary/aromatic N) is 1. The van der Waals surface area contributed by atoms with Crippen molar-refractivity contribution < 1.29 is 4.79 Å². The average molecular weight is 230 g/mol. The van der Waals surface area contributed by atoms with E-state index in [1.54, 1.807) is 14.0 Å². The lowest BCUT2D eigenvalue weighted by Gasteiger charge is -2.11. The van der Waals surface area contributed by atoms with Gasteiger partial charge in [-0.2, -0.15) is 0 Å². The van der Waals surface area contributed by atoms with Gasteiger partial charge in [0.25, 0.3) is 11.5 Å². The van der Waals surface area contributed by atoms with Crippen molar-refractivity contribution in [2.45, 2.75) is 6.92 Å². The third-order valence-electron chi connectivity index (χ3n) is 3.02. The predicted molar refractivity (Wildman–Crippen MR) is 67.3 cm³/mol. The number of pyridine rings is 1. The summed E-state index contributed by atoms with van der Waals surface area (Å²) in [5, 5.41) is 3.43. The number of nitrogens with one attached hydrogen (secondary N) is 1. The molecule has 0 aliphatic carbocycles. The Bertz CT molecular complexity index is 656. The van der Waals surface area contributed by atoms with Crippen LogP contribution in [0.4, 0.5) is 0 Å². The molecule has 0 saturated heterocycles. The topological polar surface area (TPSA) is 51.1 Å². The van der Waals surface area contributed by atoms with Crippen LogP contribution in [-0.4, -0.2) is 17.5 Å². The molecule has 1 N–H and O–H groups in total. The number of aromatic nitrogens is 1. The number of amides is 1. The molecule has 0 spiro atoms. The molecule has 0 bridgehead atoms. The van der Waals surface area contributed by atoms with Crippen LogP contribution in [0.15, 0.2) is 29.1 Å². The zero-order valence-corrected chi connectivity index (χ0v) is 10.1. The first-order valence-corrected chi connectivity index (χ1v) is 5.38. The van der Waals surface area contributed by atoms with Gasteiger partial charge in [0.15, 0.2) is 0 Å². The first kappa shape index (κ1) is 11.4. The fourth-order valence-electron chi connectivity index (χ4n) is 2.05. The summed E-state index contributed by atoms with van der Waals surface area (Å²) in [6, 6.07) is 7.56. The Kier molecular flexibility index (Phi) is 2.71. The van der Waals surface area contributed by atoms with E-state index < -0.39 is 0 Å². The number of hydrogen-bond donors (Lipinski definition) is 1. The van der Waals surface area contributed by atoms with Crippen LogP contribution in [-0.2, 0) is 7.05 Å². The molecule has 2 rings (SSSR count). The van der Waals surface area contributed by atoms with E-state index >= 15 is 0 Å². The lowest BCUT2D eigenvalue weighted by molar-refractivity contribution is 0.0960. The van der Waals surface area contributed by atoms with E-state index in [9.17, 15) is 9.59 Å². The minimum absolute atomic E-state index is 0.216. The zero-order chi connectivity index (χ0) is 12.6. The number of aryl methyl sites for hydroxylation is 2. The summed E-state index contributed by atoms with van der Waals surface area (Å²) in [4.78, 5) is 23.8. The number of carbonyl (C=O) groups excluding carboxylic acids is 1. The Labute approximate surface area is 98.9 Å². The highest BCUT2D eigenvalue weighted by Gasteiger charge is 2.16. The molecule has 0 aliphatic heterocycles. The van der Waals surface area contributed by atoms with Crippen molar-refractivity contribution in [1.82, 2.24) is 9.88 Å². The maximum atomic E-state index is 12.1.